The molecule has 0 spiro atoms. The molecule has 0 N–H and O–H groups in total. The molecule has 1 radical (unpaired) electrons. The van der Waals surface area contributed by atoms with Gasteiger partial charge in [0.05, 0.1) is 0 Å². The molecule has 2 heteroatoms. The lowest BCUT2D eigenvalue weighted by Crippen LogP contribution is -1.73. The molecule has 1 aromatic rings. The Kier molecular flexibility index (Phi) is 2.98. The van der Waals surface area contributed by atoms with E-state index in [-0.39, 0.29) is 0 Å². The first-order valence-corrected chi connectivity index (χ1v) is 3.90. The van der Waals surface area contributed by atoms with E-state index in [0.717, 1.165) is 5.56 Å². The van der Waals surface area contributed by atoms with Gasteiger partial charge in [-0.05, 0) is 24.6 Å². The van der Waals surface area contributed by atoms with Gasteiger partial charge in [-0.15, -0.1) is 0 Å². The Hall–Kier alpha value is -0.460. The quantitative estimate of drug-likeness (QED) is 0.624. The molecule has 57 valence electrons. The molecule has 0 amide bonds. The fraction of sp³-hybridized carbons (Fsp3) is 0. The van der Waals surface area contributed by atoms with Crippen LogP contribution in [0.25, 0.3) is 6.08 Å². The lowest BCUT2D eigenvalue weighted by Gasteiger charge is -1.96. The van der Waals surface area contributed by atoms with E-state index in [1.165, 1.54) is 0 Å². The summed E-state index contributed by atoms with van der Waals surface area (Å²) in [4.78, 5) is 0. The third kappa shape index (κ3) is 2.25. The second kappa shape index (κ2) is 3.80. The number of hydrogen-bond donors (Lipinski definition) is 0. The molecule has 0 aliphatic heterocycles. The van der Waals surface area contributed by atoms with Crippen LogP contribution in [0.3, 0.4) is 0 Å². The number of allylic oxidation sites excluding steroid dienone is 1. The van der Waals surface area contributed by atoms with Crippen LogP contribution in [0.2, 0.25) is 10.0 Å². The fourth-order valence-corrected chi connectivity index (χ4v) is 1.24. The summed E-state index contributed by atoms with van der Waals surface area (Å²) in [7, 11) is 0. The van der Waals surface area contributed by atoms with Crippen molar-refractivity contribution in [3.8, 4) is 0 Å². The lowest BCUT2D eigenvalue weighted by atomic mass is 10.2. The highest BCUT2D eigenvalue weighted by molar-refractivity contribution is 6.35. The van der Waals surface area contributed by atoms with Gasteiger partial charge in [0.15, 0.2) is 0 Å². The van der Waals surface area contributed by atoms with Gasteiger partial charge in [0.2, 0.25) is 0 Å². The summed E-state index contributed by atoms with van der Waals surface area (Å²) in [6.07, 6.45) is 3.52. The van der Waals surface area contributed by atoms with Crippen molar-refractivity contribution in [2.75, 3.05) is 0 Å². The van der Waals surface area contributed by atoms with E-state index in [9.17, 15) is 0 Å². The fourth-order valence-electron chi connectivity index (χ4n) is 0.764. The van der Waals surface area contributed by atoms with Gasteiger partial charge < -0.3 is 0 Å². The van der Waals surface area contributed by atoms with Crippen molar-refractivity contribution in [3.63, 3.8) is 0 Å². The van der Waals surface area contributed by atoms with Crippen LogP contribution >= 0.6 is 23.2 Å². The summed E-state index contributed by atoms with van der Waals surface area (Å²) in [6.45, 7) is 3.57. The second-order valence-corrected chi connectivity index (χ2v) is 2.91. The van der Waals surface area contributed by atoms with Crippen molar-refractivity contribution in [2.45, 2.75) is 0 Å². The zero-order valence-electron chi connectivity index (χ0n) is 5.85. The molecular formula is C9H7Cl2. The minimum absolute atomic E-state index is 0.649. The van der Waals surface area contributed by atoms with Crippen LogP contribution in [0.5, 0.6) is 0 Å². The Morgan fingerprint density at radius 3 is 2.55 bits per heavy atom. The Bertz CT molecular complexity index is 277. The third-order valence-corrected chi connectivity index (χ3v) is 1.82. The zero-order valence-corrected chi connectivity index (χ0v) is 7.36. The van der Waals surface area contributed by atoms with Gasteiger partial charge in [-0.3, -0.25) is 0 Å². The van der Waals surface area contributed by atoms with E-state index in [1.54, 1.807) is 18.2 Å². The number of halogens is 2. The standard InChI is InChI=1S/C9H7Cl2/c1-2-3-7-4-5-8(10)6-9(7)11/h2-6H,1H2/b3-2+. The second-order valence-electron chi connectivity index (χ2n) is 2.07. The van der Waals surface area contributed by atoms with E-state index >= 15 is 0 Å². The smallest absolute Gasteiger partial charge is 0.0493 e. The molecule has 1 aromatic carbocycles. The minimum atomic E-state index is 0.649. The highest BCUT2D eigenvalue weighted by atomic mass is 35.5. The molecular weight excluding hydrogens is 179 g/mol. The highest BCUT2D eigenvalue weighted by Gasteiger charge is 1.95. The molecule has 0 unspecified atom stereocenters. The maximum Gasteiger partial charge on any atom is 0.0493 e. The van der Waals surface area contributed by atoms with E-state index in [2.05, 4.69) is 6.92 Å². The van der Waals surface area contributed by atoms with Gasteiger partial charge in [-0.1, -0.05) is 41.4 Å². The van der Waals surface area contributed by atoms with Crippen LogP contribution in [0.1, 0.15) is 5.56 Å². The van der Waals surface area contributed by atoms with Crippen molar-refractivity contribution in [1.29, 1.82) is 0 Å². The van der Waals surface area contributed by atoms with Crippen molar-refractivity contribution in [1.82, 2.24) is 0 Å². The third-order valence-electron chi connectivity index (χ3n) is 1.26. The Labute approximate surface area is 76.4 Å². The first-order valence-electron chi connectivity index (χ1n) is 3.15. The first kappa shape index (κ1) is 8.63. The molecule has 0 aliphatic rings. The Morgan fingerprint density at radius 1 is 1.27 bits per heavy atom. The van der Waals surface area contributed by atoms with Crippen LogP contribution in [-0.4, -0.2) is 0 Å². The van der Waals surface area contributed by atoms with Crippen LogP contribution in [0.4, 0.5) is 0 Å². The monoisotopic (exact) mass is 185 g/mol. The van der Waals surface area contributed by atoms with Crippen molar-refractivity contribution < 1.29 is 0 Å². The van der Waals surface area contributed by atoms with Gasteiger partial charge in [-0.25, -0.2) is 0 Å². The molecule has 11 heavy (non-hydrogen) atoms. The van der Waals surface area contributed by atoms with Crippen molar-refractivity contribution in [2.24, 2.45) is 0 Å². The summed E-state index contributed by atoms with van der Waals surface area (Å²) >= 11 is 11.5. The van der Waals surface area contributed by atoms with E-state index in [4.69, 9.17) is 23.2 Å². The zero-order chi connectivity index (χ0) is 8.27. The van der Waals surface area contributed by atoms with E-state index in [1.807, 2.05) is 12.1 Å². The Balaban J connectivity index is 3.09. The summed E-state index contributed by atoms with van der Waals surface area (Å²) < 4.78 is 0. The molecule has 0 aliphatic carbocycles. The maximum atomic E-state index is 5.84. The lowest BCUT2D eigenvalue weighted by molar-refractivity contribution is 1.65. The summed E-state index contributed by atoms with van der Waals surface area (Å²) in [6, 6.07) is 5.35. The van der Waals surface area contributed by atoms with Gasteiger partial charge in [0.1, 0.15) is 0 Å². The summed E-state index contributed by atoms with van der Waals surface area (Å²) in [5, 5.41) is 1.30. The minimum Gasteiger partial charge on any atom is -0.0843 e. The average molecular weight is 186 g/mol. The predicted molar refractivity (Wildman–Crippen MR) is 50.9 cm³/mol. The SMILES string of the molecule is [CH2]/C=C/c1ccc(Cl)cc1Cl. The number of hydrogen-bond acceptors (Lipinski definition) is 0. The van der Waals surface area contributed by atoms with Gasteiger partial charge in [0.25, 0.3) is 0 Å². The van der Waals surface area contributed by atoms with E-state index < -0.39 is 0 Å². The Morgan fingerprint density at radius 2 is 2.00 bits per heavy atom. The molecule has 0 saturated carbocycles. The highest BCUT2D eigenvalue weighted by Crippen LogP contribution is 2.21. The van der Waals surface area contributed by atoms with Gasteiger partial charge in [0, 0.05) is 10.0 Å². The first-order chi connectivity index (χ1) is 5.24. The molecule has 0 atom stereocenters. The molecule has 0 aromatic heterocycles. The number of rotatable bonds is 1. The largest absolute Gasteiger partial charge is 0.0843 e. The molecule has 0 nitrogen and oxygen atoms in total. The molecule has 0 bridgehead atoms. The predicted octanol–water partition coefficient (Wildman–Crippen LogP) is 3.84. The molecule has 0 fully saturated rings. The summed E-state index contributed by atoms with van der Waals surface area (Å²) in [5.41, 5.74) is 0.936. The molecule has 1 rings (SSSR count). The summed E-state index contributed by atoms with van der Waals surface area (Å²) in [5.74, 6) is 0. The molecule has 0 saturated heterocycles. The average Bonchev–Trinajstić information content (AvgIpc) is 1.95. The van der Waals surface area contributed by atoms with Crippen molar-refractivity contribution >= 4 is 29.3 Å². The maximum absolute atomic E-state index is 5.84. The normalized spacial score (nSPS) is 10.8. The van der Waals surface area contributed by atoms with Crippen molar-refractivity contribution in [3.05, 3.63) is 46.8 Å². The van der Waals surface area contributed by atoms with Crippen LogP contribution in [0.15, 0.2) is 24.3 Å². The molecule has 0 heterocycles. The van der Waals surface area contributed by atoms with Gasteiger partial charge >= 0.3 is 0 Å². The van der Waals surface area contributed by atoms with Crippen LogP contribution in [0, 0.1) is 6.92 Å². The van der Waals surface area contributed by atoms with E-state index in [0.29, 0.717) is 10.0 Å². The number of benzene rings is 1. The topological polar surface area (TPSA) is 0 Å². The van der Waals surface area contributed by atoms with Gasteiger partial charge in [-0.2, -0.15) is 0 Å². The van der Waals surface area contributed by atoms with Crippen LogP contribution < -0.4 is 0 Å². The van der Waals surface area contributed by atoms with Crippen LogP contribution in [-0.2, 0) is 0 Å².